The van der Waals surface area contributed by atoms with E-state index in [1.807, 2.05) is 0 Å². The monoisotopic (exact) mass is 524 g/mol. The summed E-state index contributed by atoms with van der Waals surface area (Å²) in [6, 6.07) is 5.27. The number of nitrogens with zero attached hydrogens (tertiary/aromatic N) is 3. The van der Waals surface area contributed by atoms with Gasteiger partial charge < -0.3 is 20.7 Å². The maximum Gasteiger partial charge on any atom is 0.410 e. The second-order valence-electron chi connectivity index (χ2n) is 10.4. The number of likely N-dealkylation sites (N-methyl/N-ethyl adjacent to an activating group) is 1. The Balaban J connectivity index is 1.59. The summed E-state index contributed by atoms with van der Waals surface area (Å²) < 4.78 is 18.5. The number of hydrogen-bond acceptors (Lipinski definition) is 7. The molecule has 38 heavy (non-hydrogen) atoms. The standard InChI is InChI=1S/C28H37FN6O3/c1-18(35(6)27(37)38-28(2,3)4)25(36)32-23-9-7-8-19(16-23)10-11-20-17-31-26(34-24(20)30-5)33-22-14-12-21(29)13-15-22/h12-15,17-19,23H,7-9,16H2,1-6H3,(H,32,36)(H2,30,31,33,34)/t18-,19-,23-/m0/s1. The average molecular weight is 525 g/mol. The molecule has 2 aromatic rings. The fraction of sp³-hybridized carbons (Fsp3) is 0.500. The predicted octanol–water partition coefficient (Wildman–Crippen LogP) is 4.68. The van der Waals surface area contributed by atoms with Crippen LogP contribution in [0.15, 0.2) is 30.5 Å². The fourth-order valence-electron chi connectivity index (χ4n) is 4.01. The molecule has 1 aliphatic rings. The summed E-state index contributed by atoms with van der Waals surface area (Å²) in [7, 11) is 3.33. The first-order valence-electron chi connectivity index (χ1n) is 12.8. The zero-order valence-corrected chi connectivity index (χ0v) is 22.9. The highest BCUT2D eigenvalue weighted by molar-refractivity contribution is 5.85. The molecular formula is C28H37FN6O3. The number of amides is 2. The number of ether oxygens (including phenoxy) is 1. The molecule has 1 aliphatic carbocycles. The van der Waals surface area contributed by atoms with Crippen LogP contribution >= 0.6 is 0 Å². The molecule has 1 heterocycles. The average Bonchev–Trinajstić information content (AvgIpc) is 2.87. The summed E-state index contributed by atoms with van der Waals surface area (Å²) >= 11 is 0. The smallest absolute Gasteiger partial charge is 0.410 e. The van der Waals surface area contributed by atoms with Crippen LogP contribution in [0.1, 0.15) is 58.9 Å². The number of anilines is 3. The number of benzene rings is 1. The van der Waals surface area contributed by atoms with Crippen LogP contribution in [0, 0.1) is 23.6 Å². The van der Waals surface area contributed by atoms with Crippen LogP contribution in [0.5, 0.6) is 0 Å². The molecule has 1 aromatic carbocycles. The molecule has 1 saturated carbocycles. The molecule has 204 valence electrons. The van der Waals surface area contributed by atoms with E-state index in [-0.39, 0.29) is 23.7 Å². The van der Waals surface area contributed by atoms with E-state index in [4.69, 9.17) is 4.74 Å². The third kappa shape index (κ3) is 8.33. The minimum atomic E-state index is -0.659. The molecule has 3 N–H and O–H groups in total. The Bertz CT molecular complexity index is 1190. The van der Waals surface area contributed by atoms with E-state index in [9.17, 15) is 14.0 Å². The number of nitrogens with one attached hydrogen (secondary N) is 3. The van der Waals surface area contributed by atoms with Crippen molar-refractivity contribution < 1.29 is 18.7 Å². The molecule has 3 atom stereocenters. The summed E-state index contributed by atoms with van der Waals surface area (Å²) in [5.41, 5.74) is 0.708. The van der Waals surface area contributed by atoms with Crippen molar-refractivity contribution in [1.29, 1.82) is 0 Å². The molecule has 2 amide bonds. The molecule has 1 fully saturated rings. The summed E-state index contributed by atoms with van der Waals surface area (Å²) in [4.78, 5) is 35.3. The van der Waals surface area contributed by atoms with Crippen molar-refractivity contribution in [2.75, 3.05) is 24.7 Å². The SMILES string of the molecule is CNc1nc(Nc2ccc(F)cc2)ncc1C#C[C@@H]1CCC[C@H](NC(=O)[C@H](C)N(C)C(=O)OC(C)(C)C)C1. The molecule has 1 aromatic heterocycles. The fourth-order valence-corrected chi connectivity index (χ4v) is 4.01. The van der Waals surface area contributed by atoms with Gasteiger partial charge in [0.25, 0.3) is 0 Å². The number of aromatic nitrogens is 2. The minimum Gasteiger partial charge on any atom is -0.444 e. The Morgan fingerprint density at radius 1 is 1.21 bits per heavy atom. The van der Waals surface area contributed by atoms with Gasteiger partial charge in [0.1, 0.15) is 23.3 Å². The van der Waals surface area contributed by atoms with E-state index in [1.165, 1.54) is 17.0 Å². The lowest BCUT2D eigenvalue weighted by molar-refractivity contribution is -0.126. The summed E-state index contributed by atoms with van der Waals surface area (Å²) in [5, 5.41) is 9.17. The lowest BCUT2D eigenvalue weighted by Gasteiger charge is -2.31. The van der Waals surface area contributed by atoms with Gasteiger partial charge in [-0.2, -0.15) is 4.98 Å². The Hall–Kier alpha value is -3.87. The highest BCUT2D eigenvalue weighted by Gasteiger charge is 2.29. The van der Waals surface area contributed by atoms with Crippen LogP contribution in [0.3, 0.4) is 0 Å². The molecule has 0 saturated heterocycles. The van der Waals surface area contributed by atoms with E-state index < -0.39 is 17.7 Å². The molecular weight excluding hydrogens is 487 g/mol. The van der Waals surface area contributed by atoms with Crippen LogP contribution in [-0.4, -0.2) is 58.6 Å². The zero-order valence-electron chi connectivity index (χ0n) is 22.9. The molecule has 3 rings (SSSR count). The van der Waals surface area contributed by atoms with Gasteiger partial charge in [-0.1, -0.05) is 18.3 Å². The van der Waals surface area contributed by atoms with Crippen LogP contribution in [0.2, 0.25) is 0 Å². The second-order valence-corrected chi connectivity index (χ2v) is 10.4. The number of halogens is 1. The first kappa shape index (κ1) is 28.7. The number of carbonyl (C=O) groups is 2. The third-order valence-corrected chi connectivity index (χ3v) is 6.20. The van der Waals surface area contributed by atoms with E-state index in [1.54, 1.807) is 60.1 Å². The molecule has 0 bridgehead atoms. The van der Waals surface area contributed by atoms with Crippen molar-refractivity contribution in [2.45, 2.75) is 71.1 Å². The zero-order chi connectivity index (χ0) is 27.9. The van der Waals surface area contributed by atoms with E-state index in [0.717, 1.165) is 25.7 Å². The van der Waals surface area contributed by atoms with Gasteiger partial charge >= 0.3 is 6.09 Å². The van der Waals surface area contributed by atoms with Gasteiger partial charge in [0.05, 0.1) is 11.8 Å². The topological polar surface area (TPSA) is 108 Å². The molecule has 0 aliphatic heterocycles. The maximum atomic E-state index is 13.1. The Morgan fingerprint density at radius 2 is 1.92 bits per heavy atom. The number of carbonyl (C=O) groups excluding carboxylic acids is 2. The Kier molecular flexibility index (Phi) is 9.50. The quantitative estimate of drug-likeness (QED) is 0.471. The van der Waals surface area contributed by atoms with Crippen molar-refractivity contribution in [3.63, 3.8) is 0 Å². The van der Waals surface area contributed by atoms with Crippen molar-refractivity contribution >= 4 is 29.5 Å². The van der Waals surface area contributed by atoms with Crippen LogP contribution in [0.25, 0.3) is 0 Å². The van der Waals surface area contributed by atoms with Gasteiger partial charge in [-0.3, -0.25) is 9.69 Å². The largest absolute Gasteiger partial charge is 0.444 e. The number of rotatable bonds is 6. The van der Waals surface area contributed by atoms with E-state index in [0.29, 0.717) is 23.0 Å². The van der Waals surface area contributed by atoms with Crippen LogP contribution in [0.4, 0.5) is 26.6 Å². The van der Waals surface area contributed by atoms with Crippen molar-refractivity contribution in [3.8, 4) is 11.8 Å². The maximum absolute atomic E-state index is 13.1. The van der Waals surface area contributed by atoms with Crippen molar-refractivity contribution in [1.82, 2.24) is 20.2 Å². The number of hydrogen-bond donors (Lipinski definition) is 3. The highest BCUT2D eigenvalue weighted by Crippen LogP contribution is 2.25. The molecule has 0 unspecified atom stereocenters. The lowest BCUT2D eigenvalue weighted by atomic mass is 9.86. The van der Waals surface area contributed by atoms with Crippen molar-refractivity contribution in [3.05, 3.63) is 41.8 Å². The highest BCUT2D eigenvalue weighted by atomic mass is 19.1. The molecule has 9 nitrogen and oxygen atoms in total. The van der Waals surface area contributed by atoms with Crippen molar-refractivity contribution in [2.24, 2.45) is 5.92 Å². The first-order chi connectivity index (χ1) is 17.9. The van der Waals surface area contributed by atoms with Gasteiger partial charge in [0.15, 0.2) is 0 Å². The second kappa shape index (κ2) is 12.6. The normalized spacial score (nSPS) is 17.9. The summed E-state index contributed by atoms with van der Waals surface area (Å²) in [5.74, 6) is 7.04. The van der Waals surface area contributed by atoms with Crippen LogP contribution < -0.4 is 16.0 Å². The van der Waals surface area contributed by atoms with Gasteiger partial charge in [0, 0.05) is 31.7 Å². The van der Waals surface area contributed by atoms with Gasteiger partial charge in [-0.25, -0.2) is 14.2 Å². The molecule has 10 heteroatoms. The summed E-state index contributed by atoms with van der Waals surface area (Å²) in [6.45, 7) is 7.06. The first-order valence-corrected chi connectivity index (χ1v) is 12.8. The summed E-state index contributed by atoms with van der Waals surface area (Å²) in [6.07, 6.45) is 4.58. The minimum absolute atomic E-state index is 0.0210. The molecule has 0 spiro atoms. The predicted molar refractivity (Wildman–Crippen MR) is 145 cm³/mol. The Morgan fingerprint density at radius 3 is 2.58 bits per heavy atom. The van der Waals surface area contributed by atoms with E-state index >= 15 is 0 Å². The van der Waals surface area contributed by atoms with E-state index in [2.05, 4.69) is 37.8 Å². The third-order valence-electron chi connectivity index (χ3n) is 6.20. The Labute approximate surface area is 224 Å². The van der Waals surface area contributed by atoms with Gasteiger partial charge in [-0.15, -0.1) is 0 Å². The van der Waals surface area contributed by atoms with Gasteiger partial charge in [0.2, 0.25) is 11.9 Å². The lowest BCUT2D eigenvalue weighted by Crippen LogP contribution is -2.50. The van der Waals surface area contributed by atoms with Crippen LogP contribution in [-0.2, 0) is 9.53 Å². The van der Waals surface area contributed by atoms with Gasteiger partial charge in [-0.05, 0) is 71.2 Å². The molecule has 0 radical (unpaired) electrons.